The van der Waals surface area contributed by atoms with Crippen LogP contribution in [0.1, 0.15) is 12.5 Å². The highest BCUT2D eigenvalue weighted by Crippen LogP contribution is 2.18. The van der Waals surface area contributed by atoms with Crippen molar-refractivity contribution in [3.05, 3.63) is 29.8 Å². The molecule has 1 rings (SSSR count). The lowest BCUT2D eigenvalue weighted by atomic mass is 10.1. The van der Waals surface area contributed by atoms with Crippen molar-refractivity contribution in [2.45, 2.75) is 13.3 Å². The van der Waals surface area contributed by atoms with Gasteiger partial charge in [-0.05, 0) is 24.6 Å². The van der Waals surface area contributed by atoms with Crippen molar-refractivity contribution < 1.29 is 9.53 Å². The van der Waals surface area contributed by atoms with E-state index in [-0.39, 0.29) is 11.7 Å². The summed E-state index contributed by atoms with van der Waals surface area (Å²) in [5.41, 5.74) is 0.837. The molecular formula is C10H11ClO2. The van der Waals surface area contributed by atoms with Gasteiger partial charge in [0.15, 0.2) is 0 Å². The molecule has 0 saturated carbocycles. The summed E-state index contributed by atoms with van der Waals surface area (Å²) in [6, 6.07) is 7.40. The van der Waals surface area contributed by atoms with E-state index in [1.165, 1.54) is 0 Å². The molecule has 0 spiro atoms. The molecule has 0 aliphatic heterocycles. The first-order chi connectivity index (χ1) is 6.24. The van der Waals surface area contributed by atoms with E-state index in [2.05, 4.69) is 0 Å². The van der Waals surface area contributed by atoms with Crippen LogP contribution in [-0.4, -0.2) is 11.8 Å². The quantitative estimate of drug-likeness (QED) is 0.695. The first-order valence-electron chi connectivity index (χ1n) is 4.13. The number of carbonyl (C=O) groups excluding carboxylic acids is 1. The smallest absolute Gasteiger partial charge is 0.226 e. The van der Waals surface area contributed by atoms with E-state index in [1.54, 1.807) is 0 Å². The molecule has 0 heterocycles. The van der Waals surface area contributed by atoms with Gasteiger partial charge >= 0.3 is 0 Å². The lowest BCUT2D eigenvalue weighted by Crippen LogP contribution is -1.99. The molecule has 13 heavy (non-hydrogen) atoms. The second-order valence-electron chi connectivity index (χ2n) is 2.57. The van der Waals surface area contributed by atoms with Crippen LogP contribution >= 0.6 is 11.6 Å². The number of benzene rings is 1. The number of ether oxygens (including phenoxy) is 1. The molecular weight excluding hydrogens is 188 g/mol. The number of para-hydroxylation sites is 1. The Bertz CT molecular complexity index is 297. The van der Waals surface area contributed by atoms with Gasteiger partial charge in [-0.3, -0.25) is 4.79 Å². The topological polar surface area (TPSA) is 26.3 Å². The van der Waals surface area contributed by atoms with Gasteiger partial charge in [0.2, 0.25) is 5.24 Å². The Hall–Kier alpha value is -1.02. The first-order valence-corrected chi connectivity index (χ1v) is 4.51. The van der Waals surface area contributed by atoms with Gasteiger partial charge in [-0.25, -0.2) is 0 Å². The van der Waals surface area contributed by atoms with Crippen LogP contribution in [0.3, 0.4) is 0 Å². The molecule has 0 bridgehead atoms. The van der Waals surface area contributed by atoms with Gasteiger partial charge in [0.25, 0.3) is 0 Å². The summed E-state index contributed by atoms with van der Waals surface area (Å²) in [6.45, 7) is 2.49. The number of hydrogen-bond acceptors (Lipinski definition) is 2. The number of carbonyl (C=O) groups is 1. The molecule has 0 unspecified atom stereocenters. The number of hydrogen-bond donors (Lipinski definition) is 0. The van der Waals surface area contributed by atoms with Gasteiger partial charge in [-0.15, -0.1) is 0 Å². The second-order valence-corrected chi connectivity index (χ2v) is 2.99. The molecule has 0 atom stereocenters. The molecule has 1 aromatic rings. The van der Waals surface area contributed by atoms with Gasteiger partial charge < -0.3 is 4.74 Å². The molecule has 3 heteroatoms. The lowest BCUT2D eigenvalue weighted by molar-refractivity contribution is -0.111. The van der Waals surface area contributed by atoms with Crippen molar-refractivity contribution in [1.29, 1.82) is 0 Å². The SMILES string of the molecule is CCOc1ccccc1CC(=O)Cl. The van der Waals surface area contributed by atoms with Crippen molar-refractivity contribution in [2.75, 3.05) is 6.61 Å². The predicted octanol–water partition coefficient (Wildman–Crippen LogP) is 2.39. The predicted molar refractivity (Wildman–Crippen MR) is 52.2 cm³/mol. The molecule has 0 aliphatic carbocycles. The molecule has 2 nitrogen and oxygen atoms in total. The highest BCUT2D eigenvalue weighted by molar-refractivity contribution is 6.63. The van der Waals surface area contributed by atoms with E-state index in [9.17, 15) is 4.79 Å². The molecule has 0 aromatic heterocycles. The maximum atomic E-state index is 10.7. The largest absolute Gasteiger partial charge is 0.494 e. The molecule has 0 saturated heterocycles. The summed E-state index contributed by atoms with van der Waals surface area (Å²) in [5.74, 6) is 0.735. The van der Waals surface area contributed by atoms with Crippen LogP contribution in [0, 0.1) is 0 Å². The summed E-state index contributed by atoms with van der Waals surface area (Å²) in [5, 5.41) is -0.368. The molecule has 0 aliphatic rings. The van der Waals surface area contributed by atoms with Crippen molar-refractivity contribution in [2.24, 2.45) is 0 Å². The Kier molecular flexibility index (Phi) is 3.77. The van der Waals surface area contributed by atoms with Crippen LogP contribution in [-0.2, 0) is 11.2 Å². The van der Waals surface area contributed by atoms with Crippen LogP contribution in [0.2, 0.25) is 0 Å². The van der Waals surface area contributed by atoms with E-state index in [0.717, 1.165) is 11.3 Å². The number of halogens is 1. The maximum absolute atomic E-state index is 10.7. The molecule has 1 aromatic carbocycles. The Morgan fingerprint density at radius 2 is 2.15 bits per heavy atom. The zero-order valence-electron chi connectivity index (χ0n) is 7.42. The van der Waals surface area contributed by atoms with Gasteiger partial charge in [-0.1, -0.05) is 18.2 Å². The third-order valence-corrected chi connectivity index (χ3v) is 1.74. The van der Waals surface area contributed by atoms with Gasteiger partial charge in [-0.2, -0.15) is 0 Å². The normalized spacial score (nSPS) is 9.69. The summed E-state index contributed by atoms with van der Waals surface area (Å²) in [6.07, 6.45) is 0.220. The van der Waals surface area contributed by atoms with Crippen molar-refractivity contribution in [3.63, 3.8) is 0 Å². The van der Waals surface area contributed by atoms with Gasteiger partial charge in [0.1, 0.15) is 5.75 Å². The monoisotopic (exact) mass is 198 g/mol. The zero-order valence-corrected chi connectivity index (χ0v) is 8.17. The maximum Gasteiger partial charge on any atom is 0.226 e. The minimum atomic E-state index is -0.368. The van der Waals surface area contributed by atoms with Crippen LogP contribution in [0.5, 0.6) is 5.75 Å². The molecule has 0 amide bonds. The summed E-state index contributed by atoms with van der Waals surface area (Å²) < 4.78 is 5.33. The summed E-state index contributed by atoms with van der Waals surface area (Å²) >= 11 is 5.29. The minimum absolute atomic E-state index is 0.220. The van der Waals surface area contributed by atoms with Gasteiger partial charge in [0, 0.05) is 5.56 Å². The Balaban J connectivity index is 2.84. The van der Waals surface area contributed by atoms with E-state index in [1.807, 2.05) is 31.2 Å². The highest BCUT2D eigenvalue weighted by atomic mass is 35.5. The van der Waals surface area contributed by atoms with E-state index in [0.29, 0.717) is 6.61 Å². The zero-order chi connectivity index (χ0) is 9.68. The lowest BCUT2D eigenvalue weighted by Gasteiger charge is -2.07. The molecule has 70 valence electrons. The van der Waals surface area contributed by atoms with Crippen LogP contribution in [0.4, 0.5) is 0 Å². The summed E-state index contributed by atoms with van der Waals surface area (Å²) in [4.78, 5) is 10.7. The molecule has 0 fully saturated rings. The third-order valence-electron chi connectivity index (χ3n) is 1.60. The van der Waals surface area contributed by atoms with Gasteiger partial charge in [0.05, 0.1) is 13.0 Å². The second kappa shape index (κ2) is 4.87. The van der Waals surface area contributed by atoms with E-state index in [4.69, 9.17) is 16.3 Å². The Morgan fingerprint density at radius 3 is 2.77 bits per heavy atom. The summed E-state index contributed by atoms with van der Waals surface area (Å²) in [7, 11) is 0. The molecule has 0 radical (unpaired) electrons. The van der Waals surface area contributed by atoms with E-state index >= 15 is 0 Å². The molecule has 0 N–H and O–H groups in total. The number of rotatable bonds is 4. The Labute approximate surface area is 82.5 Å². The average Bonchev–Trinajstić information content (AvgIpc) is 2.08. The van der Waals surface area contributed by atoms with Crippen LogP contribution in [0.25, 0.3) is 0 Å². The standard InChI is InChI=1S/C10H11ClO2/c1-2-13-9-6-4-3-5-8(9)7-10(11)12/h3-6H,2,7H2,1H3. The fourth-order valence-electron chi connectivity index (χ4n) is 1.10. The van der Waals surface area contributed by atoms with Crippen molar-refractivity contribution in [1.82, 2.24) is 0 Å². The third kappa shape index (κ3) is 3.07. The Morgan fingerprint density at radius 1 is 1.46 bits per heavy atom. The average molecular weight is 199 g/mol. The first kappa shape index (κ1) is 10.1. The van der Waals surface area contributed by atoms with E-state index < -0.39 is 0 Å². The van der Waals surface area contributed by atoms with Crippen LogP contribution < -0.4 is 4.74 Å². The van der Waals surface area contributed by atoms with Crippen molar-refractivity contribution in [3.8, 4) is 5.75 Å². The fraction of sp³-hybridized carbons (Fsp3) is 0.300. The highest BCUT2D eigenvalue weighted by Gasteiger charge is 2.05. The van der Waals surface area contributed by atoms with Crippen molar-refractivity contribution >= 4 is 16.8 Å². The minimum Gasteiger partial charge on any atom is -0.494 e. The fourth-order valence-corrected chi connectivity index (χ4v) is 1.24. The van der Waals surface area contributed by atoms with Crippen LogP contribution in [0.15, 0.2) is 24.3 Å².